The number of ether oxygens (including phenoxy) is 1. The molecule has 1 rings (SSSR count). The molecule has 5 nitrogen and oxygen atoms in total. The lowest BCUT2D eigenvalue weighted by Crippen LogP contribution is -2.25. The Bertz CT molecular complexity index is 413. The van der Waals surface area contributed by atoms with E-state index in [9.17, 15) is 8.42 Å². The molecule has 0 aromatic carbocycles. The molecule has 0 amide bonds. The molecule has 1 heterocycles. The van der Waals surface area contributed by atoms with E-state index in [1.54, 1.807) is 7.11 Å². The Balaban J connectivity index is 2.56. The number of thiophene rings is 1. The third-order valence-corrected chi connectivity index (χ3v) is 4.42. The van der Waals surface area contributed by atoms with E-state index in [2.05, 4.69) is 4.72 Å². The van der Waals surface area contributed by atoms with Gasteiger partial charge in [0.05, 0.1) is 11.5 Å². The van der Waals surface area contributed by atoms with Crippen molar-refractivity contribution in [2.75, 3.05) is 20.3 Å². The first kappa shape index (κ1) is 13.6. The van der Waals surface area contributed by atoms with Crippen LogP contribution in [-0.4, -0.2) is 33.8 Å². The van der Waals surface area contributed by atoms with Crippen molar-refractivity contribution in [1.29, 1.82) is 0 Å². The number of sulfonamides is 1. The first-order valence-corrected chi connectivity index (χ1v) is 7.13. The van der Waals surface area contributed by atoms with E-state index in [1.165, 1.54) is 22.8 Å². The summed E-state index contributed by atoms with van der Waals surface area (Å²) in [5, 5.41) is 10.4. The van der Waals surface area contributed by atoms with Gasteiger partial charge >= 0.3 is 0 Å². The van der Waals surface area contributed by atoms with Crippen LogP contribution in [0.2, 0.25) is 0 Å². The van der Waals surface area contributed by atoms with Crippen LogP contribution in [0.1, 0.15) is 11.3 Å². The van der Waals surface area contributed by atoms with Crippen LogP contribution in [0.3, 0.4) is 0 Å². The monoisotopic (exact) mass is 265 g/mol. The molecule has 0 atom stereocenters. The number of hydrogen-bond acceptors (Lipinski definition) is 5. The normalized spacial score (nSPS) is 11.9. The van der Waals surface area contributed by atoms with Crippen LogP contribution in [0.5, 0.6) is 0 Å². The molecule has 0 aliphatic rings. The van der Waals surface area contributed by atoms with E-state index in [4.69, 9.17) is 9.84 Å². The molecule has 0 spiro atoms. The first-order valence-electron chi connectivity index (χ1n) is 4.77. The van der Waals surface area contributed by atoms with Gasteiger partial charge in [-0.25, -0.2) is 13.1 Å². The lowest BCUT2D eigenvalue weighted by atomic mass is 10.5. The fourth-order valence-corrected chi connectivity index (χ4v) is 3.30. The average Bonchev–Trinajstić information content (AvgIpc) is 2.73. The van der Waals surface area contributed by atoms with Gasteiger partial charge in [-0.3, -0.25) is 0 Å². The van der Waals surface area contributed by atoms with Crippen LogP contribution < -0.4 is 4.72 Å². The minimum atomic E-state index is -3.44. The van der Waals surface area contributed by atoms with Crippen molar-refractivity contribution in [3.8, 4) is 0 Å². The molecule has 0 aliphatic heterocycles. The van der Waals surface area contributed by atoms with Crippen LogP contribution in [0.15, 0.2) is 16.3 Å². The van der Waals surface area contributed by atoms with Crippen LogP contribution in [0.4, 0.5) is 0 Å². The maximum absolute atomic E-state index is 11.7. The lowest BCUT2D eigenvalue weighted by molar-refractivity contribution is 0.196. The summed E-state index contributed by atoms with van der Waals surface area (Å²) in [6.45, 7) is 0.735. The Morgan fingerprint density at radius 3 is 2.88 bits per heavy atom. The van der Waals surface area contributed by atoms with Gasteiger partial charge in [0.15, 0.2) is 0 Å². The molecule has 16 heavy (non-hydrogen) atoms. The van der Waals surface area contributed by atoms with Crippen molar-refractivity contribution in [2.45, 2.75) is 17.9 Å². The smallest absolute Gasteiger partial charge is 0.241 e. The van der Waals surface area contributed by atoms with Crippen molar-refractivity contribution < 1.29 is 18.3 Å². The highest BCUT2D eigenvalue weighted by atomic mass is 32.2. The van der Waals surface area contributed by atoms with E-state index < -0.39 is 10.0 Å². The highest BCUT2D eigenvalue weighted by Gasteiger charge is 2.15. The molecule has 7 heteroatoms. The Labute approximate surface area is 99.1 Å². The standard InChI is InChI=1S/C9H15NO4S2/c1-14-4-2-3-10-16(12,13)9-5-8(6-11)15-7-9/h5,7,10-11H,2-4,6H2,1H3. The molecule has 1 aromatic rings. The molecule has 0 unspecified atom stereocenters. The number of aliphatic hydroxyl groups excluding tert-OH is 1. The van der Waals surface area contributed by atoms with Gasteiger partial charge < -0.3 is 9.84 Å². The third kappa shape index (κ3) is 3.84. The molecular weight excluding hydrogens is 250 g/mol. The first-order chi connectivity index (χ1) is 7.60. The molecule has 0 aliphatic carbocycles. The molecule has 92 valence electrons. The Morgan fingerprint density at radius 1 is 1.56 bits per heavy atom. The van der Waals surface area contributed by atoms with Gasteiger partial charge in [0.1, 0.15) is 0 Å². The van der Waals surface area contributed by atoms with Gasteiger partial charge in [-0.2, -0.15) is 0 Å². The van der Waals surface area contributed by atoms with E-state index in [1.807, 2.05) is 0 Å². The fourth-order valence-electron chi connectivity index (χ4n) is 1.09. The largest absolute Gasteiger partial charge is 0.391 e. The van der Waals surface area contributed by atoms with E-state index in [0.717, 1.165) is 0 Å². The number of nitrogens with one attached hydrogen (secondary N) is 1. The topological polar surface area (TPSA) is 75.6 Å². The maximum Gasteiger partial charge on any atom is 0.241 e. The predicted molar refractivity (Wildman–Crippen MR) is 61.9 cm³/mol. The Hall–Kier alpha value is -0.470. The van der Waals surface area contributed by atoms with Crippen LogP contribution in [0.25, 0.3) is 0 Å². The second kappa shape index (κ2) is 6.31. The molecule has 0 fully saturated rings. The zero-order valence-electron chi connectivity index (χ0n) is 8.97. The van der Waals surface area contributed by atoms with Gasteiger partial charge in [-0.05, 0) is 12.5 Å². The molecule has 0 saturated heterocycles. The van der Waals surface area contributed by atoms with E-state index >= 15 is 0 Å². The zero-order chi connectivity index (χ0) is 12.0. The Kier molecular flexibility index (Phi) is 5.36. The van der Waals surface area contributed by atoms with Crippen molar-refractivity contribution in [3.05, 3.63) is 16.3 Å². The second-order valence-corrected chi connectivity index (χ2v) is 5.91. The number of hydrogen-bond donors (Lipinski definition) is 2. The molecule has 0 saturated carbocycles. The number of rotatable bonds is 7. The van der Waals surface area contributed by atoms with Crippen molar-refractivity contribution in [1.82, 2.24) is 4.72 Å². The maximum atomic E-state index is 11.7. The summed E-state index contributed by atoms with van der Waals surface area (Å²) in [6.07, 6.45) is 0.632. The summed E-state index contributed by atoms with van der Waals surface area (Å²) in [7, 11) is -1.87. The van der Waals surface area contributed by atoms with Gasteiger partial charge in [0, 0.05) is 30.5 Å². The quantitative estimate of drug-likeness (QED) is 0.706. The fraction of sp³-hybridized carbons (Fsp3) is 0.556. The summed E-state index contributed by atoms with van der Waals surface area (Å²) in [5.41, 5.74) is 0. The molecule has 1 aromatic heterocycles. The second-order valence-electron chi connectivity index (χ2n) is 3.15. The molecule has 0 bridgehead atoms. The van der Waals surface area contributed by atoms with Gasteiger partial charge in [-0.15, -0.1) is 11.3 Å². The summed E-state index contributed by atoms with van der Waals surface area (Å²) in [6, 6.07) is 1.48. The predicted octanol–water partition coefficient (Wildman–Crippen LogP) is 0.555. The van der Waals surface area contributed by atoms with Crippen LogP contribution in [-0.2, 0) is 21.4 Å². The molecule has 0 radical (unpaired) electrons. The van der Waals surface area contributed by atoms with E-state index in [0.29, 0.717) is 24.4 Å². The van der Waals surface area contributed by atoms with Crippen LogP contribution in [0, 0.1) is 0 Å². The van der Waals surface area contributed by atoms with E-state index in [-0.39, 0.29) is 11.5 Å². The van der Waals surface area contributed by atoms with Crippen molar-refractivity contribution in [3.63, 3.8) is 0 Å². The number of aliphatic hydroxyl groups is 1. The van der Waals surface area contributed by atoms with Crippen molar-refractivity contribution in [2.24, 2.45) is 0 Å². The molecular formula is C9H15NO4S2. The zero-order valence-corrected chi connectivity index (χ0v) is 10.6. The van der Waals surface area contributed by atoms with Gasteiger partial charge in [-0.1, -0.05) is 0 Å². The van der Waals surface area contributed by atoms with Crippen LogP contribution >= 0.6 is 11.3 Å². The summed E-state index contributed by atoms with van der Waals surface area (Å²) < 4.78 is 30.7. The highest BCUT2D eigenvalue weighted by Crippen LogP contribution is 2.18. The third-order valence-electron chi connectivity index (χ3n) is 1.91. The molecule has 2 N–H and O–H groups in total. The summed E-state index contributed by atoms with van der Waals surface area (Å²) in [4.78, 5) is 0.844. The Morgan fingerprint density at radius 2 is 2.31 bits per heavy atom. The summed E-state index contributed by atoms with van der Waals surface area (Å²) in [5.74, 6) is 0. The number of methoxy groups -OCH3 is 1. The SMILES string of the molecule is COCCCNS(=O)(=O)c1csc(CO)c1. The summed E-state index contributed by atoms with van der Waals surface area (Å²) >= 11 is 1.23. The average molecular weight is 265 g/mol. The lowest BCUT2D eigenvalue weighted by Gasteiger charge is -2.03. The van der Waals surface area contributed by atoms with Crippen molar-refractivity contribution >= 4 is 21.4 Å². The van der Waals surface area contributed by atoms with Gasteiger partial charge in [0.25, 0.3) is 0 Å². The highest BCUT2D eigenvalue weighted by molar-refractivity contribution is 7.89. The minimum absolute atomic E-state index is 0.135. The van der Waals surface area contributed by atoms with Gasteiger partial charge in [0.2, 0.25) is 10.0 Å². The minimum Gasteiger partial charge on any atom is -0.391 e.